The average molecular weight is 669 g/mol. The van der Waals surface area contributed by atoms with Crippen LogP contribution in [0.15, 0.2) is 0 Å². The van der Waals surface area contributed by atoms with Crippen molar-refractivity contribution in [1.29, 1.82) is 0 Å². The molecule has 3 saturated heterocycles. The van der Waals surface area contributed by atoms with Gasteiger partial charge in [0.25, 0.3) is 0 Å². The number of ether oxygens (including phenoxy) is 6. The van der Waals surface area contributed by atoms with E-state index in [0.717, 1.165) is 0 Å². The van der Waals surface area contributed by atoms with E-state index in [-0.39, 0.29) is 0 Å². The Bertz CT molecular complexity index is 1250. The van der Waals surface area contributed by atoms with E-state index in [1.54, 1.807) is 7.11 Å². The first-order valence-corrected chi connectivity index (χ1v) is 17.9. The first-order chi connectivity index (χ1) is 20.1. The summed E-state index contributed by atoms with van der Waals surface area (Å²) in [6.07, 6.45) is 0. The molecule has 0 bridgehead atoms. The fourth-order valence-corrected chi connectivity index (χ4v) is 9.77. The Kier molecular flexibility index (Phi) is 8.74. The molecule has 47 heavy (non-hydrogen) atoms. The number of methoxy groups -OCH3 is 1. The summed E-state index contributed by atoms with van der Waals surface area (Å²) in [5, 5.41) is 11.9. The molecular weight excluding hydrogens is 592 g/mol. The number of hydrogen-bond donors (Lipinski definition) is 1. The van der Waals surface area contributed by atoms with Crippen molar-refractivity contribution < 1.29 is 33.5 Å². The lowest BCUT2D eigenvalue weighted by molar-refractivity contribution is -0.516. The minimum atomic E-state index is -1.13. The molecule has 3 fully saturated rings. The summed E-state index contributed by atoms with van der Waals surface area (Å²) in [5.41, 5.74) is -8.62. The van der Waals surface area contributed by atoms with Crippen LogP contribution in [0.25, 0.3) is 0 Å². The molecule has 0 aliphatic carbocycles. The summed E-state index contributed by atoms with van der Waals surface area (Å²) < 4.78 is 42.5. The van der Waals surface area contributed by atoms with Crippen LogP contribution in [-0.2, 0) is 28.4 Å². The Balaban J connectivity index is 2.23. The van der Waals surface area contributed by atoms with Gasteiger partial charge < -0.3 is 33.5 Å². The molecule has 0 amide bonds. The summed E-state index contributed by atoms with van der Waals surface area (Å²) in [5.74, 6) is -3.02. The van der Waals surface area contributed by atoms with Gasteiger partial charge in [0.2, 0.25) is 0 Å². The van der Waals surface area contributed by atoms with Crippen molar-refractivity contribution >= 4 is 0 Å². The smallest absolute Gasteiger partial charge is 0.172 e. The van der Waals surface area contributed by atoms with Crippen LogP contribution < -0.4 is 0 Å². The van der Waals surface area contributed by atoms with Crippen LogP contribution in [-0.4, -0.2) is 63.2 Å². The van der Waals surface area contributed by atoms with Gasteiger partial charge in [0.05, 0.1) is 22.4 Å². The third kappa shape index (κ3) is 4.41. The fourth-order valence-electron chi connectivity index (χ4n) is 9.77. The molecule has 7 heteroatoms. The Labute approximate surface area is 289 Å². The SMILES string of the molecule is COC1(C)OC(C)(C)C(C)(OC2(C)OC(C)(C)C(C)(OC3(C)OC(C)(C)C(C)(O)C(C)(C)C3(C)C)C(C)(C)C2(C)C)C(C)(C)C1(C)C. The predicted octanol–water partition coefficient (Wildman–Crippen LogP) is 9.67. The molecule has 0 spiro atoms. The van der Waals surface area contributed by atoms with Gasteiger partial charge in [-0.15, -0.1) is 0 Å². The van der Waals surface area contributed by atoms with Crippen LogP contribution in [0.1, 0.15) is 166 Å². The van der Waals surface area contributed by atoms with Gasteiger partial charge in [-0.25, -0.2) is 0 Å². The van der Waals surface area contributed by atoms with Gasteiger partial charge in [-0.1, -0.05) is 83.1 Å². The van der Waals surface area contributed by atoms with Gasteiger partial charge in [0.15, 0.2) is 17.4 Å². The molecule has 3 aliphatic rings. The van der Waals surface area contributed by atoms with Crippen molar-refractivity contribution in [2.75, 3.05) is 7.11 Å². The van der Waals surface area contributed by atoms with Crippen molar-refractivity contribution in [3.8, 4) is 0 Å². The Hall–Kier alpha value is -0.280. The molecule has 278 valence electrons. The van der Waals surface area contributed by atoms with Crippen molar-refractivity contribution in [2.24, 2.45) is 32.5 Å². The largest absolute Gasteiger partial charge is 0.387 e. The summed E-state index contributed by atoms with van der Waals surface area (Å²) in [4.78, 5) is 0. The van der Waals surface area contributed by atoms with Crippen molar-refractivity contribution in [3.63, 3.8) is 0 Å². The molecule has 0 radical (unpaired) electrons. The van der Waals surface area contributed by atoms with Crippen LogP contribution >= 0.6 is 0 Å². The summed E-state index contributed by atoms with van der Waals surface area (Å²) in [6.45, 7) is 51.2. The average Bonchev–Trinajstić information content (AvgIpc) is 2.84. The first-order valence-electron chi connectivity index (χ1n) is 17.9. The van der Waals surface area contributed by atoms with Crippen LogP contribution in [0.3, 0.4) is 0 Å². The van der Waals surface area contributed by atoms with E-state index in [2.05, 4.69) is 132 Å². The lowest BCUT2D eigenvalue weighted by Crippen LogP contribution is -2.83. The molecule has 3 aliphatic heterocycles. The van der Waals surface area contributed by atoms with E-state index in [4.69, 9.17) is 28.4 Å². The topological polar surface area (TPSA) is 75.6 Å². The Morgan fingerprint density at radius 3 is 0.915 bits per heavy atom. The van der Waals surface area contributed by atoms with Gasteiger partial charge >= 0.3 is 0 Å². The Morgan fingerprint density at radius 1 is 0.340 bits per heavy atom. The summed E-state index contributed by atoms with van der Waals surface area (Å²) in [6, 6.07) is 0. The molecule has 6 atom stereocenters. The zero-order valence-corrected chi connectivity index (χ0v) is 35.4. The highest BCUT2D eigenvalue weighted by Gasteiger charge is 2.79. The molecule has 0 aromatic carbocycles. The maximum atomic E-state index is 11.9. The van der Waals surface area contributed by atoms with Crippen LogP contribution in [0.5, 0.6) is 0 Å². The van der Waals surface area contributed by atoms with Crippen LogP contribution in [0, 0.1) is 32.5 Å². The van der Waals surface area contributed by atoms with Gasteiger partial charge in [0, 0.05) is 39.6 Å². The molecule has 3 heterocycles. The monoisotopic (exact) mass is 669 g/mol. The van der Waals surface area contributed by atoms with E-state index < -0.39 is 83.5 Å². The summed E-state index contributed by atoms with van der Waals surface area (Å²) >= 11 is 0. The quantitative estimate of drug-likeness (QED) is 0.313. The van der Waals surface area contributed by atoms with E-state index in [1.165, 1.54) is 0 Å². The zero-order valence-electron chi connectivity index (χ0n) is 35.4. The first kappa shape index (κ1) is 41.1. The molecule has 1 N–H and O–H groups in total. The third-order valence-corrected chi connectivity index (χ3v) is 17.7. The standard InChI is InChI=1S/C40H76O7/c1-26(2)29(7,8)39(23,43-32(13,14)35(26,19)41)46-37(21)28(5,6)31(11,12)40(24,45-34(37,17)18)47-36(20)27(3,4)30(9,10)38(22,42-25)44-33(36,15)16/h41H,1-25H3. The highest BCUT2D eigenvalue weighted by molar-refractivity contribution is 5.22. The zero-order chi connectivity index (χ0) is 37.7. The minimum absolute atomic E-state index is 0.442. The normalized spacial score (nSPS) is 46.9. The van der Waals surface area contributed by atoms with Crippen molar-refractivity contribution in [2.45, 2.75) is 217 Å². The van der Waals surface area contributed by atoms with Gasteiger partial charge in [-0.3, -0.25) is 0 Å². The van der Waals surface area contributed by atoms with E-state index in [0.29, 0.717) is 0 Å². The summed E-state index contributed by atoms with van der Waals surface area (Å²) in [7, 11) is 1.72. The molecule has 6 unspecified atom stereocenters. The lowest BCUT2D eigenvalue weighted by Gasteiger charge is -2.75. The number of rotatable bonds is 5. The van der Waals surface area contributed by atoms with E-state index >= 15 is 0 Å². The molecule has 7 nitrogen and oxygen atoms in total. The van der Waals surface area contributed by atoms with Crippen LogP contribution in [0.4, 0.5) is 0 Å². The maximum Gasteiger partial charge on any atom is 0.172 e. The number of hydrogen-bond acceptors (Lipinski definition) is 7. The maximum absolute atomic E-state index is 11.9. The second-order valence-electron chi connectivity index (χ2n) is 21.0. The number of aliphatic hydroxyl groups is 1. The van der Waals surface area contributed by atoms with Crippen molar-refractivity contribution in [1.82, 2.24) is 0 Å². The van der Waals surface area contributed by atoms with Crippen molar-refractivity contribution in [3.05, 3.63) is 0 Å². The predicted molar refractivity (Wildman–Crippen MR) is 190 cm³/mol. The molecule has 3 rings (SSSR count). The van der Waals surface area contributed by atoms with E-state index in [9.17, 15) is 5.11 Å². The highest BCUT2D eigenvalue weighted by Crippen LogP contribution is 2.71. The lowest BCUT2D eigenvalue weighted by atomic mass is 9.48. The second kappa shape index (κ2) is 9.98. The van der Waals surface area contributed by atoms with Crippen LogP contribution in [0.2, 0.25) is 0 Å². The Morgan fingerprint density at radius 2 is 0.596 bits per heavy atom. The highest BCUT2D eigenvalue weighted by atomic mass is 16.8. The minimum Gasteiger partial charge on any atom is -0.387 e. The second-order valence-corrected chi connectivity index (χ2v) is 21.0. The third-order valence-electron chi connectivity index (χ3n) is 17.7. The molecule has 0 saturated carbocycles. The van der Waals surface area contributed by atoms with Gasteiger partial charge in [0.1, 0.15) is 11.2 Å². The molecular formula is C40H76O7. The van der Waals surface area contributed by atoms with E-state index in [1.807, 2.05) is 34.6 Å². The van der Waals surface area contributed by atoms with Gasteiger partial charge in [-0.2, -0.15) is 0 Å². The molecule has 0 aromatic heterocycles. The fraction of sp³-hybridized carbons (Fsp3) is 1.00. The van der Waals surface area contributed by atoms with Gasteiger partial charge in [-0.05, 0) is 83.1 Å². The molecule has 0 aromatic rings.